The second kappa shape index (κ2) is 7.25. The number of benzene rings is 1. The molecule has 21 heavy (non-hydrogen) atoms. The van der Waals surface area contributed by atoms with Crippen LogP contribution >= 0.6 is 0 Å². The van der Waals surface area contributed by atoms with Crippen molar-refractivity contribution in [1.29, 1.82) is 0 Å². The van der Waals surface area contributed by atoms with Gasteiger partial charge in [-0.3, -0.25) is 9.59 Å². The van der Waals surface area contributed by atoms with E-state index < -0.39 is 5.97 Å². The molecule has 4 heteroatoms. The number of hydrogen-bond donors (Lipinski definition) is 2. The summed E-state index contributed by atoms with van der Waals surface area (Å²) < 4.78 is 0. The third-order valence-corrected chi connectivity index (χ3v) is 4.38. The van der Waals surface area contributed by atoms with E-state index in [1.165, 1.54) is 5.56 Å². The summed E-state index contributed by atoms with van der Waals surface area (Å²) in [5.41, 5.74) is 1.83. The summed E-state index contributed by atoms with van der Waals surface area (Å²) in [7, 11) is 0. The van der Waals surface area contributed by atoms with Crippen LogP contribution in [0.25, 0.3) is 0 Å². The van der Waals surface area contributed by atoms with E-state index in [1.807, 2.05) is 24.3 Å². The fourth-order valence-corrected chi connectivity index (χ4v) is 2.99. The fraction of sp³-hybridized carbons (Fsp3) is 0.529. The normalized spacial score (nSPS) is 21.8. The largest absolute Gasteiger partial charge is 0.481 e. The van der Waals surface area contributed by atoms with Gasteiger partial charge in [-0.05, 0) is 42.9 Å². The van der Waals surface area contributed by atoms with E-state index in [0.29, 0.717) is 12.1 Å². The molecule has 1 aromatic carbocycles. The molecule has 1 fully saturated rings. The molecule has 2 N–H and O–H groups in total. The lowest BCUT2D eigenvalue weighted by Gasteiger charge is -2.28. The number of aliphatic carboxylic acids is 1. The van der Waals surface area contributed by atoms with Crippen LogP contribution in [0.1, 0.15) is 48.5 Å². The zero-order valence-electron chi connectivity index (χ0n) is 12.5. The van der Waals surface area contributed by atoms with Crippen molar-refractivity contribution in [2.75, 3.05) is 6.54 Å². The monoisotopic (exact) mass is 289 g/mol. The Bertz CT molecular complexity index is 495. The lowest BCUT2D eigenvalue weighted by molar-refractivity contribution is -0.144. The average molecular weight is 289 g/mol. The molecule has 0 radical (unpaired) electrons. The molecule has 1 saturated carbocycles. The van der Waals surface area contributed by atoms with E-state index in [2.05, 4.69) is 12.2 Å². The van der Waals surface area contributed by atoms with E-state index in [1.54, 1.807) is 0 Å². The Morgan fingerprint density at radius 3 is 2.48 bits per heavy atom. The first-order valence-electron chi connectivity index (χ1n) is 7.71. The summed E-state index contributed by atoms with van der Waals surface area (Å²) in [4.78, 5) is 23.3. The molecule has 2 unspecified atom stereocenters. The van der Waals surface area contributed by atoms with Crippen molar-refractivity contribution >= 4 is 11.9 Å². The van der Waals surface area contributed by atoms with Crippen LogP contribution in [0.15, 0.2) is 24.3 Å². The highest BCUT2D eigenvalue weighted by molar-refractivity contribution is 5.94. The lowest BCUT2D eigenvalue weighted by Crippen LogP contribution is -2.37. The maximum atomic E-state index is 12.1. The molecule has 0 saturated heterocycles. The van der Waals surface area contributed by atoms with Crippen molar-refractivity contribution < 1.29 is 14.7 Å². The molecule has 0 heterocycles. The highest BCUT2D eigenvalue weighted by Gasteiger charge is 2.30. The lowest BCUT2D eigenvalue weighted by atomic mass is 9.79. The van der Waals surface area contributed by atoms with Crippen LogP contribution in [-0.4, -0.2) is 23.5 Å². The highest BCUT2D eigenvalue weighted by Crippen LogP contribution is 2.29. The molecule has 0 spiro atoms. The Balaban J connectivity index is 1.91. The second-order valence-corrected chi connectivity index (χ2v) is 5.75. The van der Waals surface area contributed by atoms with Gasteiger partial charge < -0.3 is 10.4 Å². The smallest absolute Gasteiger partial charge is 0.306 e. The van der Waals surface area contributed by atoms with Crippen LogP contribution in [-0.2, 0) is 11.2 Å². The average Bonchev–Trinajstić information content (AvgIpc) is 2.52. The van der Waals surface area contributed by atoms with E-state index in [9.17, 15) is 14.7 Å². The van der Waals surface area contributed by atoms with Crippen LogP contribution in [0.2, 0.25) is 0 Å². The zero-order chi connectivity index (χ0) is 15.2. The number of amides is 1. The molecule has 1 aromatic rings. The number of aryl methyl sites for hydroxylation is 1. The number of carboxylic acid groups (broad SMARTS) is 1. The van der Waals surface area contributed by atoms with E-state index >= 15 is 0 Å². The van der Waals surface area contributed by atoms with Crippen molar-refractivity contribution in [3.05, 3.63) is 35.4 Å². The maximum absolute atomic E-state index is 12.1. The summed E-state index contributed by atoms with van der Waals surface area (Å²) in [6.45, 7) is 2.52. The van der Waals surface area contributed by atoms with Gasteiger partial charge in [-0.2, -0.15) is 0 Å². The summed E-state index contributed by atoms with van der Waals surface area (Å²) in [6.07, 6.45) is 4.58. The molecule has 2 rings (SSSR count). The van der Waals surface area contributed by atoms with Crippen LogP contribution in [0.5, 0.6) is 0 Å². The number of carbonyl (C=O) groups excluding carboxylic acids is 1. The fourth-order valence-electron chi connectivity index (χ4n) is 2.99. The Hall–Kier alpha value is -1.84. The maximum Gasteiger partial charge on any atom is 0.306 e. The SMILES string of the molecule is CCc1ccc(C(=O)NCC2CCCCC2C(=O)O)cc1. The van der Waals surface area contributed by atoms with Crippen molar-refractivity contribution in [2.24, 2.45) is 11.8 Å². The minimum absolute atomic E-state index is 0.0510. The van der Waals surface area contributed by atoms with Crippen molar-refractivity contribution in [2.45, 2.75) is 39.0 Å². The van der Waals surface area contributed by atoms with Gasteiger partial charge >= 0.3 is 5.97 Å². The Morgan fingerprint density at radius 1 is 1.19 bits per heavy atom. The number of carboxylic acids is 1. The van der Waals surface area contributed by atoms with E-state index in [4.69, 9.17) is 0 Å². The third-order valence-electron chi connectivity index (χ3n) is 4.38. The van der Waals surface area contributed by atoms with Gasteiger partial charge in [0.15, 0.2) is 0 Å². The molecule has 0 bridgehead atoms. The standard InChI is InChI=1S/C17H23NO3/c1-2-12-7-9-13(10-8-12)16(19)18-11-14-5-3-4-6-15(14)17(20)21/h7-10,14-15H,2-6,11H2,1H3,(H,18,19)(H,20,21). The van der Waals surface area contributed by atoms with Crippen molar-refractivity contribution in [3.63, 3.8) is 0 Å². The molecule has 114 valence electrons. The molecule has 1 amide bonds. The Kier molecular flexibility index (Phi) is 5.37. The predicted octanol–water partition coefficient (Wildman–Crippen LogP) is 2.87. The number of carbonyl (C=O) groups is 2. The van der Waals surface area contributed by atoms with Gasteiger partial charge in [0, 0.05) is 12.1 Å². The first-order valence-corrected chi connectivity index (χ1v) is 7.71. The van der Waals surface area contributed by atoms with Gasteiger partial charge in [0.2, 0.25) is 0 Å². The topological polar surface area (TPSA) is 66.4 Å². The van der Waals surface area contributed by atoms with Crippen molar-refractivity contribution in [3.8, 4) is 0 Å². The summed E-state index contributed by atoms with van der Waals surface area (Å²) in [6, 6.07) is 7.55. The number of hydrogen-bond acceptors (Lipinski definition) is 2. The van der Waals surface area contributed by atoms with Gasteiger partial charge in [0.1, 0.15) is 0 Å². The first kappa shape index (κ1) is 15.5. The molecule has 1 aliphatic carbocycles. The van der Waals surface area contributed by atoms with E-state index in [-0.39, 0.29) is 17.7 Å². The molecular weight excluding hydrogens is 266 g/mol. The summed E-state index contributed by atoms with van der Waals surface area (Å²) >= 11 is 0. The summed E-state index contributed by atoms with van der Waals surface area (Å²) in [5.74, 6) is -1.12. The third kappa shape index (κ3) is 4.06. The van der Waals surface area contributed by atoms with Crippen molar-refractivity contribution in [1.82, 2.24) is 5.32 Å². The van der Waals surface area contributed by atoms with Gasteiger partial charge in [-0.1, -0.05) is 31.9 Å². The Morgan fingerprint density at radius 2 is 1.86 bits per heavy atom. The number of rotatable bonds is 5. The van der Waals surface area contributed by atoms with Crippen LogP contribution in [0.3, 0.4) is 0 Å². The minimum Gasteiger partial charge on any atom is -0.481 e. The molecular formula is C17H23NO3. The molecule has 1 aliphatic rings. The zero-order valence-corrected chi connectivity index (χ0v) is 12.5. The van der Waals surface area contributed by atoms with Crippen LogP contribution in [0.4, 0.5) is 0 Å². The highest BCUT2D eigenvalue weighted by atomic mass is 16.4. The van der Waals surface area contributed by atoms with E-state index in [0.717, 1.165) is 32.1 Å². The second-order valence-electron chi connectivity index (χ2n) is 5.75. The Labute approximate surface area is 125 Å². The quantitative estimate of drug-likeness (QED) is 0.876. The van der Waals surface area contributed by atoms with Gasteiger partial charge in [-0.15, -0.1) is 0 Å². The molecule has 2 atom stereocenters. The predicted molar refractivity (Wildman–Crippen MR) is 81.2 cm³/mol. The number of nitrogens with one attached hydrogen (secondary N) is 1. The molecule has 0 aromatic heterocycles. The van der Waals surface area contributed by atoms with Gasteiger partial charge in [0.05, 0.1) is 5.92 Å². The van der Waals surface area contributed by atoms with Crippen LogP contribution < -0.4 is 5.32 Å². The molecule has 0 aliphatic heterocycles. The first-order chi connectivity index (χ1) is 10.1. The van der Waals surface area contributed by atoms with Gasteiger partial charge in [0.25, 0.3) is 5.91 Å². The minimum atomic E-state index is -0.735. The van der Waals surface area contributed by atoms with Crippen LogP contribution in [0, 0.1) is 11.8 Å². The molecule has 4 nitrogen and oxygen atoms in total. The summed E-state index contributed by atoms with van der Waals surface area (Å²) in [5, 5.41) is 12.1. The van der Waals surface area contributed by atoms with Gasteiger partial charge in [-0.25, -0.2) is 0 Å².